The van der Waals surface area contributed by atoms with Crippen LogP contribution in [-0.2, 0) is 0 Å². The molecule has 0 aliphatic rings. The van der Waals surface area contributed by atoms with Gasteiger partial charge in [-0.05, 0) is 36.6 Å². The third kappa shape index (κ3) is 14.0. The van der Waals surface area contributed by atoms with Crippen molar-refractivity contribution in [2.24, 2.45) is 11.8 Å². The highest BCUT2D eigenvalue weighted by Gasteiger charge is 2.09. The van der Waals surface area contributed by atoms with Gasteiger partial charge in [0.25, 0.3) is 0 Å². The van der Waals surface area contributed by atoms with Gasteiger partial charge in [-0.15, -0.1) is 0 Å². The highest BCUT2D eigenvalue weighted by molar-refractivity contribution is 5.87. The van der Waals surface area contributed by atoms with Crippen molar-refractivity contribution in [2.75, 3.05) is 0 Å². The molecule has 6 nitrogen and oxygen atoms in total. The lowest BCUT2D eigenvalue weighted by atomic mass is 9.99. The van der Waals surface area contributed by atoms with E-state index >= 15 is 0 Å². The Balaban J connectivity index is 0.000000408. The van der Waals surface area contributed by atoms with Gasteiger partial charge in [-0.3, -0.25) is 0 Å². The van der Waals surface area contributed by atoms with Crippen molar-refractivity contribution in [3.05, 3.63) is 71.8 Å². The van der Waals surface area contributed by atoms with E-state index in [4.69, 9.17) is 20.4 Å². The molecule has 160 valence electrons. The number of aliphatic hydroxyl groups excluding tert-OH is 1. The number of hydrogen-bond acceptors (Lipinski definition) is 4. The van der Waals surface area contributed by atoms with Gasteiger partial charge in [0, 0.05) is 5.92 Å². The summed E-state index contributed by atoms with van der Waals surface area (Å²) in [7, 11) is 0. The Labute approximate surface area is 172 Å². The molecule has 0 fully saturated rings. The number of aliphatic hydroxyl groups is 2. The molecule has 0 bridgehead atoms. The molecule has 0 amide bonds. The molecular weight excluding hydrogens is 372 g/mol. The minimum absolute atomic E-state index is 0.0220. The summed E-state index contributed by atoms with van der Waals surface area (Å²) in [6, 6.07) is 16.6. The van der Waals surface area contributed by atoms with Crippen LogP contribution in [0.25, 0.3) is 0 Å². The molecule has 0 aliphatic heterocycles. The largest absolute Gasteiger partial charge is 0.478 e. The van der Waals surface area contributed by atoms with Crippen LogP contribution in [0.15, 0.2) is 60.7 Å². The summed E-state index contributed by atoms with van der Waals surface area (Å²) in [6.45, 7) is 6.23. The van der Waals surface area contributed by atoms with Crippen molar-refractivity contribution in [1.82, 2.24) is 0 Å². The van der Waals surface area contributed by atoms with Gasteiger partial charge in [-0.2, -0.15) is 0 Å². The average Bonchev–Trinajstić information content (AvgIpc) is 2.70. The molecular formula is C23H32O6. The fourth-order valence-corrected chi connectivity index (χ4v) is 2.16. The molecule has 2 rings (SSSR count). The zero-order valence-corrected chi connectivity index (χ0v) is 17.2. The van der Waals surface area contributed by atoms with Gasteiger partial charge in [0.15, 0.2) is 6.29 Å². The molecule has 1 unspecified atom stereocenters. The summed E-state index contributed by atoms with van der Waals surface area (Å²) in [4.78, 5) is 20.4. The van der Waals surface area contributed by atoms with E-state index in [9.17, 15) is 9.59 Å². The van der Waals surface area contributed by atoms with Gasteiger partial charge in [-0.1, -0.05) is 70.0 Å². The molecule has 29 heavy (non-hydrogen) atoms. The van der Waals surface area contributed by atoms with E-state index in [1.807, 2.05) is 6.92 Å². The van der Waals surface area contributed by atoms with Gasteiger partial charge in [0.1, 0.15) is 0 Å². The second-order valence-corrected chi connectivity index (χ2v) is 7.06. The van der Waals surface area contributed by atoms with Crippen molar-refractivity contribution in [3.63, 3.8) is 0 Å². The van der Waals surface area contributed by atoms with E-state index < -0.39 is 18.2 Å². The van der Waals surface area contributed by atoms with Crippen LogP contribution in [0.3, 0.4) is 0 Å². The maximum Gasteiger partial charge on any atom is 0.335 e. The Morgan fingerprint density at radius 3 is 1.34 bits per heavy atom. The van der Waals surface area contributed by atoms with Crippen molar-refractivity contribution >= 4 is 11.9 Å². The number of carbonyl (C=O) groups is 2. The van der Waals surface area contributed by atoms with Crippen molar-refractivity contribution < 1.29 is 30.0 Å². The average molecular weight is 405 g/mol. The molecule has 1 atom stereocenters. The Morgan fingerprint density at radius 2 is 1.10 bits per heavy atom. The lowest BCUT2D eigenvalue weighted by molar-refractivity contribution is -0.0809. The number of carboxylic acid groups (broad SMARTS) is 2. The van der Waals surface area contributed by atoms with Crippen molar-refractivity contribution in [1.29, 1.82) is 0 Å². The fraction of sp³-hybridized carbons (Fsp3) is 0.391. The molecule has 0 aliphatic carbocycles. The van der Waals surface area contributed by atoms with E-state index in [1.165, 1.54) is 6.42 Å². The second kappa shape index (κ2) is 15.2. The number of carboxylic acids is 2. The van der Waals surface area contributed by atoms with Crippen LogP contribution in [0.2, 0.25) is 0 Å². The number of rotatable bonds is 7. The number of hydrogen-bond donors (Lipinski definition) is 4. The monoisotopic (exact) mass is 404 g/mol. The highest BCUT2D eigenvalue weighted by Crippen LogP contribution is 2.13. The predicted molar refractivity (Wildman–Crippen MR) is 113 cm³/mol. The molecule has 0 spiro atoms. The fourth-order valence-electron chi connectivity index (χ4n) is 2.16. The maximum atomic E-state index is 10.2. The molecule has 2 aromatic rings. The topological polar surface area (TPSA) is 115 Å². The van der Waals surface area contributed by atoms with Gasteiger partial charge in [-0.25, -0.2) is 9.59 Å². The van der Waals surface area contributed by atoms with Crippen LogP contribution in [0.1, 0.15) is 60.7 Å². The summed E-state index contributed by atoms with van der Waals surface area (Å²) >= 11 is 0. The Kier molecular flexibility index (Phi) is 13.8. The van der Waals surface area contributed by atoms with Crippen LogP contribution in [-0.4, -0.2) is 38.7 Å². The molecule has 0 saturated heterocycles. The molecule has 0 heterocycles. The smallest absolute Gasteiger partial charge is 0.335 e. The molecule has 4 N–H and O–H groups in total. The van der Waals surface area contributed by atoms with Gasteiger partial charge in [0.2, 0.25) is 0 Å². The molecule has 0 aromatic heterocycles. The van der Waals surface area contributed by atoms with E-state index in [0.717, 1.165) is 18.8 Å². The quantitative estimate of drug-likeness (QED) is 0.504. The summed E-state index contributed by atoms with van der Waals surface area (Å²) in [5.41, 5.74) is 0.662. The molecule has 0 saturated carbocycles. The van der Waals surface area contributed by atoms with E-state index in [-0.39, 0.29) is 5.92 Å². The third-order valence-corrected chi connectivity index (χ3v) is 3.99. The summed E-state index contributed by atoms with van der Waals surface area (Å²) < 4.78 is 0. The first-order chi connectivity index (χ1) is 13.6. The lowest BCUT2D eigenvalue weighted by Gasteiger charge is -2.13. The van der Waals surface area contributed by atoms with Crippen molar-refractivity contribution in [3.8, 4) is 0 Å². The van der Waals surface area contributed by atoms with Gasteiger partial charge >= 0.3 is 11.9 Å². The first-order valence-corrected chi connectivity index (χ1v) is 9.58. The standard InChI is InChI=1S/C9H20O2.2C7H6O2/c1-7(2)5-4-6-8(3)9(10)11;2*8-7(9)6-4-2-1-3-5-6/h7-11H,4-6H2,1-3H3;2*1-5H,(H,8,9). The van der Waals surface area contributed by atoms with Gasteiger partial charge < -0.3 is 20.4 Å². The highest BCUT2D eigenvalue weighted by atomic mass is 16.5. The van der Waals surface area contributed by atoms with Crippen LogP contribution in [0.5, 0.6) is 0 Å². The molecule has 2 aromatic carbocycles. The zero-order chi connectivity index (χ0) is 22.2. The lowest BCUT2D eigenvalue weighted by Crippen LogP contribution is -2.16. The van der Waals surface area contributed by atoms with Crippen LogP contribution < -0.4 is 0 Å². The minimum Gasteiger partial charge on any atom is -0.478 e. The number of benzene rings is 2. The van der Waals surface area contributed by atoms with E-state index in [1.54, 1.807) is 60.7 Å². The molecule has 6 heteroatoms. The first kappa shape index (κ1) is 26.3. The Bertz CT molecular complexity index is 634. The number of aromatic carboxylic acids is 2. The maximum absolute atomic E-state index is 10.2. The Hall–Kier alpha value is -2.70. The Morgan fingerprint density at radius 1 is 0.724 bits per heavy atom. The molecule has 0 radical (unpaired) electrons. The summed E-state index contributed by atoms with van der Waals surface area (Å²) in [5.74, 6) is -1.02. The summed E-state index contributed by atoms with van der Waals surface area (Å²) in [5, 5.41) is 34.3. The van der Waals surface area contributed by atoms with Gasteiger partial charge in [0.05, 0.1) is 11.1 Å². The second-order valence-electron chi connectivity index (χ2n) is 7.06. The SMILES string of the molecule is CC(C)CCCC(C)C(O)O.O=C(O)c1ccccc1.O=C(O)c1ccccc1. The zero-order valence-electron chi connectivity index (χ0n) is 17.2. The summed E-state index contributed by atoms with van der Waals surface area (Å²) in [6.07, 6.45) is 2.05. The van der Waals surface area contributed by atoms with Crippen molar-refractivity contribution in [2.45, 2.75) is 46.3 Å². The van der Waals surface area contributed by atoms with E-state index in [2.05, 4.69) is 13.8 Å². The third-order valence-electron chi connectivity index (χ3n) is 3.99. The van der Waals surface area contributed by atoms with Crippen LogP contribution >= 0.6 is 0 Å². The van der Waals surface area contributed by atoms with E-state index in [0.29, 0.717) is 11.1 Å². The van der Waals surface area contributed by atoms with Crippen LogP contribution in [0.4, 0.5) is 0 Å². The minimum atomic E-state index is -1.14. The normalized spacial score (nSPS) is 11.0. The first-order valence-electron chi connectivity index (χ1n) is 9.58. The predicted octanol–water partition coefficient (Wildman–Crippen LogP) is 4.53. The van der Waals surface area contributed by atoms with Crippen LogP contribution in [0, 0.1) is 11.8 Å².